The zero-order chi connectivity index (χ0) is 17.1. The van der Waals surface area contributed by atoms with Crippen LogP contribution in [-0.4, -0.2) is 25.5 Å². The molecule has 0 aliphatic heterocycles. The van der Waals surface area contributed by atoms with Crippen LogP contribution in [0.15, 0.2) is 24.4 Å². The predicted octanol–water partition coefficient (Wildman–Crippen LogP) is 1.82. The molecular formula is C12H10ClN5O5. The van der Waals surface area contributed by atoms with E-state index in [0.29, 0.717) is 10.7 Å². The lowest BCUT2D eigenvalue weighted by Gasteiger charge is -2.06. The SMILES string of the molecule is Cn1ncc(Cl)c1CNC(=O)c1cc([N+](=O)[O-])cc([N+](=O)[O-])c1. The summed E-state index contributed by atoms with van der Waals surface area (Å²) in [6, 6.07) is 2.72. The minimum Gasteiger partial charge on any atom is -0.346 e. The largest absolute Gasteiger partial charge is 0.346 e. The first-order valence-electron chi connectivity index (χ1n) is 6.18. The van der Waals surface area contributed by atoms with Crippen molar-refractivity contribution in [3.8, 4) is 0 Å². The van der Waals surface area contributed by atoms with Gasteiger partial charge in [-0.1, -0.05) is 11.6 Å². The number of nitrogens with zero attached hydrogens (tertiary/aromatic N) is 4. The molecule has 0 saturated heterocycles. The van der Waals surface area contributed by atoms with Crippen molar-refractivity contribution in [2.45, 2.75) is 6.54 Å². The molecule has 0 atom stereocenters. The second-order valence-electron chi connectivity index (χ2n) is 4.50. The Morgan fingerprint density at radius 1 is 1.26 bits per heavy atom. The van der Waals surface area contributed by atoms with Crippen molar-refractivity contribution in [2.75, 3.05) is 0 Å². The quantitative estimate of drug-likeness (QED) is 0.652. The Morgan fingerprint density at radius 2 is 1.83 bits per heavy atom. The fraction of sp³-hybridized carbons (Fsp3) is 0.167. The molecule has 0 radical (unpaired) electrons. The molecule has 23 heavy (non-hydrogen) atoms. The van der Waals surface area contributed by atoms with Crippen LogP contribution in [0.1, 0.15) is 16.1 Å². The maximum atomic E-state index is 12.1. The van der Waals surface area contributed by atoms with Crippen molar-refractivity contribution in [3.63, 3.8) is 0 Å². The van der Waals surface area contributed by atoms with E-state index in [1.54, 1.807) is 7.05 Å². The topological polar surface area (TPSA) is 133 Å². The Morgan fingerprint density at radius 3 is 2.26 bits per heavy atom. The number of amides is 1. The van der Waals surface area contributed by atoms with Gasteiger partial charge in [0.1, 0.15) is 0 Å². The van der Waals surface area contributed by atoms with Gasteiger partial charge in [0, 0.05) is 19.2 Å². The van der Waals surface area contributed by atoms with Crippen molar-refractivity contribution in [2.24, 2.45) is 7.05 Å². The maximum Gasteiger partial charge on any atom is 0.277 e. The van der Waals surface area contributed by atoms with E-state index in [1.807, 2.05) is 0 Å². The third-order valence-corrected chi connectivity index (χ3v) is 3.33. The highest BCUT2D eigenvalue weighted by atomic mass is 35.5. The molecule has 0 aliphatic carbocycles. The molecule has 0 saturated carbocycles. The molecule has 1 amide bonds. The highest BCUT2D eigenvalue weighted by Gasteiger charge is 2.20. The van der Waals surface area contributed by atoms with Crippen molar-refractivity contribution in [1.82, 2.24) is 15.1 Å². The summed E-state index contributed by atoms with van der Waals surface area (Å²) in [7, 11) is 1.63. The second-order valence-corrected chi connectivity index (χ2v) is 4.90. The normalized spacial score (nSPS) is 10.3. The number of benzene rings is 1. The van der Waals surface area contributed by atoms with Gasteiger partial charge in [0.2, 0.25) is 0 Å². The lowest BCUT2D eigenvalue weighted by molar-refractivity contribution is -0.394. The van der Waals surface area contributed by atoms with E-state index in [9.17, 15) is 25.0 Å². The molecule has 0 fully saturated rings. The number of halogens is 1. The summed E-state index contributed by atoms with van der Waals surface area (Å²) in [5.41, 5.74) is -0.741. The Bertz CT molecular complexity index is 751. The van der Waals surface area contributed by atoms with Crippen molar-refractivity contribution < 1.29 is 14.6 Å². The van der Waals surface area contributed by atoms with Crippen LogP contribution >= 0.6 is 11.6 Å². The summed E-state index contributed by atoms with van der Waals surface area (Å²) in [4.78, 5) is 32.1. The number of aryl methyl sites for hydroxylation is 1. The number of hydrogen-bond donors (Lipinski definition) is 1. The predicted molar refractivity (Wildman–Crippen MR) is 79.1 cm³/mol. The van der Waals surface area contributed by atoms with E-state index in [-0.39, 0.29) is 12.1 Å². The summed E-state index contributed by atoms with van der Waals surface area (Å²) >= 11 is 5.89. The van der Waals surface area contributed by atoms with Crippen LogP contribution in [-0.2, 0) is 13.6 Å². The third-order valence-electron chi connectivity index (χ3n) is 3.01. The van der Waals surface area contributed by atoms with Gasteiger partial charge in [-0.25, -0.2) is 0 Å². The molecule has 11 heteroatoms. The van der Waals surface area contributed by atoms with Crippen LogP contribution in [0, 0.1) is 20.2 Å². The first-order valence-corrected chi connectivity index (χ1v) is 6.56. The Balaban J connectivity index is 2.25. The van der Waals surface area contributed by atoms with Gasteiger partial charge in [-0.3, -0.25) is 29.7 Å². The number of carbonyl (C=O) groups is 1. The molecule has 120 valence electrons. The standard InChI is InChI=1S/C12H10ClN5O5/c1-16-11(10(13)5-15-16)6-14-12(19)7-2-8(17(20)21)4-9(3-7)18(22)23/h2-5H,6H2,1H3,(H,14,19). The summed E-state index contributed by atoms with van der Waals surface area (Å²) in [5, 5.41) is 28.3. The molecule has 1 heterocycles. The van der Waals surface area contributed by atoms with Gasteiger partial charge in [-0.05, 0) is 0 Å². The van der Waals surface area contributed by atoms with Crippen LogP contribution in [0.5, 0.6) is 0 Å². The van der Waals surface area contributed by atoms with Crippen molar-refractivity contribution in [1.29, 1.82) is 0 Å². The van der Waals surface area contributed by atoms with E-state index in [0.717, 1.165) is 18.2 Å². The van der Waals surface area contributed by atoms with Crippen LogP contribution in [0.4, 0.5) is 11.4 Å². The maximum absolute atomic E-state index is 12.1. The molecule has 10 nitrogen and oxygen atoms in total. The molecule has 1 aromatic heterocycles. The summed E-state index contributed by atoms with van der Waals surface area (Å²) in [6.45, 7) is 0.0185. The average molecular weight is 340 g/mol. The van der Waals surface area contributed by atoms with Gasteiger partial charge in [0.15, 0.2) is 0 Å². The highest BCUT2D eigenvalue weighted by Crippen LogP contribution is 2.23. The molecule has 1 aromatic carbocycles. The number of nitro benzene ring substituents is 2. The van der Waals surface area contributed by atoms with Crippen molar-refractivity contribution in [3.05, 3.63) is 60.9 Å². The van der Waals surface area contributed by atoms with E-state index in [4.69, 9.17) is 11.6 Å². The number of aromatic nitrogens is 2. The molecule has 0 spiro atoms. The first kappa shape index (κ1) is 16.4. The molecule has 2 rings (SSSR count). The molecular weight excluding hydrogens is 330 g/mol. The van der Waals surface area contributed by atoms with Gasteiger partial charge in [0.25, 0.3) is 17.3 Å². The number of hydrogen-bond acceptors (Lipinski definition) is 6. The van der Waals surface area contributed by atoms with Gasteiger partial charge in [-0.15, -0.1) is 0 Å². The minimum atomic E-state index is -0.804. The van der Waals surface area contributed by atoms with Gasteiger partial charge in [-0.2, -0.15) is 5.10 Å². The lowest BCUT2D eigenvalue weighted by atomic mass is 10.1. The summed E-state index contributed by atoms with van der Waals surface area (Å²) in [6.07, 6.45) is 1.40. The number of nitrogens with one attached hydrogen (secondary N) is 1. The fourth-order valence-corrected chi connectivity index (χ4v) is 2.07. The van der Waals surface area contributed by atoms with Gasteiger partial charge >= 0.3 is 0 Å². The minimum absolute atomic E-state index is 0.0185. The molecule has 0 aliphatic rings. The third kappa shape index (κ3) is 3.61. The van der Waals surface area contributed by atoms with Crippen LogP contribution in [0.2, 0.25) is 5.02 Å². The summed E-state index contributed by atoms with van der Waals surface area (Å²) < 4.78 is 1.46. The molecule has 0 bridgehead atoms. The average Bonchev–Trinajstić information content (AvgIpc) is 2.83. The zero-order valence-corrected chi connectivity index (χ0v) is 12.5. The summed E-state index contributed by atoms with van der Waals surface area (Å²) in [5.74, 6) is -0.700. The molecule has 1 N–H and O–H groups in total. The first-order chi connectivity index (χ1) is 10.8. The van der Waals surface area contributed by atoms with E-state index >= 15 is 0 Å². The van der Waals surface area contributed by atoms with Crippen LogP contribution in [0.25, 0.3) is 0 Å². The van der Waals surface area contributed by atoms with Crippen molar-refractivity contribution >= 4 is 28.9 Å². The zero-order valence-electron chi connectivity index (χ0n) is 11.7. The Kier molecular flexibility index (Phi) is 4.55. The highest BCUT2D eigenvalue weighted by molar-refractivity contribution is 6.31. The van der Waals surface area contributed by atoms with Gasteiger partial charge < -0.3 is 5.32 Å². The fourth-order valence-electron chi connectivity index (χ4n) is 1.84. The Hall–Kier alpha value is -3.01. The van der Waals surface area contributed by atoms with E-state index in [1.165, 1.54) is 10.9 Å². The second kappa shape index (κ2) is 6.40. The number of nitro groups is 2. The van der Waals surface area contributed by atoms with Gasteiger partial charge in [0.05, 0.1) is 44.9 Å². The van der Waals surface area contributed by atoms with E-state index in [2.05, 4.69) is 10.4 Å². The molecule has 2 aromatic rings. The number of rotatable bonds is 5. The van der Waals surface area contributed by atoms with E-state index < -0.39 is 27.1 Å². The monoisotopic (exact) mass is 339 g/mol. The molecule has 0 unspecified atom stereocenters. The Labute approximate surface area is 134 Å². The van der Waals surface area contributed by atoms with Crippen LogP contribution in [0.3, 0.4) is 0 Å². The smallest absolute Gasteiger partial charge is 0.277 e. The van der Waals surface area contributed by atoms with Crippen LogP contribution < -0.4 is 5.32 Å². The lowest BCUT2D eigenvalue weighted by Crippen LogP contribution is -2.24. The number of non-ortho nitro benzene ring substituents is 2. The number of carbonyl (C=O) groups excluding carboxylic acids is 1.